The van der Waals surface area contributed by atoms with Crippen LogP contribution < -0.4 is 5.56 Å². The van der Waals surface area contributed by atoms with Gasteiger partial charge in [-0.05, 0) is 24.8 Å². The summed E-state index contributed by atoms with van der Waals surface area (Å²) >= 11 is 1.49. The van der Waals surface area contributed by atoms with E-state index in [0.29, 0.717) is 55.3 Å². The predicted octanol–water partition coefficient (Wildman–Crippen LogP) is 2.02. The monoisotopic (exact) mass is 441 g/mol. The van der Waals surface area contributed by atoms with E-state index < -0.39 is 5.56 Å². The molecule has 4 rings (SSSR count). The van der Waals surface area contributed by atoms with Crippen molar-refractivity contribution >= 4 is 23.2 Å². The van der Waals surface area contributed by atoms with Gasteiger partial charge in [0.25, 0.3) is 5.56 Å². The van der Waals surface area contributed by atoms with Gasteiger partial charge in [0.2, 0.25) is 11.8 Å². The second-order valence-corrected chi connectivity index (χ2v) is 8.40. The third kappa shape index (κ3) is 4.58. The van der Waals surface area contributed by atoms with Crippen LogP contribution in [0.15, 0.2) is 39.0 Å². The zero-order chi connectivity index (χ0) is 22.0. The van der Waals surface area contributed by atoms with E-state index in [0.717, 1.165) is 4.88 Å². The number of hydrogen-bond donors (Lipinski definition) is 0. The highest BCUT2D eigenvalue weighted by Crippen LogP contribution is 2.32. The minimum Gasteiger partial charge on any atom is -0.356 e. The van der Waals surface area contributed by atoms with Crippen LogP contribution in [0.4, 0.5) is 0 Å². The van der Waals surface area contributed by atoms with Crippen molar-refractivity contribution in [1.82, 2.24) is 24.7 Å². The summed E-state index contributed by atoms with van der Waals surface area (Å²) in [5.41, 5.74) is 1.42. The standard InChI is InChI=1S/C21H23N5O4S/c1-14-11-17(30-23-14)16-12-19(28)26(22-21(16)18-5-3-10-31-18)13-20(29)25-7-4-6-24(8-9-25)15(2)27/h3,5,10-12H,4,6-9,13H2,1-2H3. The summed E-state index contributed by atoms with van der Waals surface area (Å²) < 4.78 is 6.55. The number of nitrogens with zero attached hydrogens (tertiary/aromatic N) is 5. The third-order valence-electron chi connectivity index (χ3n) is 5.22. The van der Waals surface area contributed by atoms with Crippen LogP contribution in [-0.2, 0) is 16.1 Å². The summed E-state index contributed by atoms with van der Waals surface area (Å²) in [6.07, 6.45) is 0.706. The molecule has 1 aliphatic rings. The summed E-state index contributed by atoms with van der Waals surface area (Å²) in [7, 11) is 0. The van der Waals surface area contributed by atoms with Crippen LogP contribution in [0, 0.1) is 6.92 Å². The van der Waals surface area contributed by atoms with Crippen molar-refractivity contribution < 1.29 is 14.1 Å². The van der Waals surface area contributed by atoms with Gasteiger partial charge in [0.15, 0.2) is 5.76 Å². The van der Waals surface area contributed by atoms with Gasteiger partial charge in [-0.2, -0.15) is 5.10 Å². The molecule has 9 nitrogen and oxygen atoms in total. The molecule has 0 aliphatic carbocycles. The van der Waals surface area contributed by atoms with Crippen LogP contribution in [0.1, 0.15) is 19.0 Å². The van der Waals surface area contributed by atoms with Crippen molar-refractivity contribution in [3.8, 4) is 21.9 Å². The predicted molar refractivity (Wildman–Crippen MR) is 115 cm³/mol. The molecule has 31 heavy (non-hydrogen) atoms. The molecule has 1 fully saturated rings. The van der Waals surface area contributed by atoms with E-state index in [9.17, 15) is 14.4 Å². The Hall–Kier alpha value is -3.27. The molecule has 0 atom stereocenters. The van der Waals surface area contributed by atoms with Gasteiger partial charge in [-0.25, -0.2) is 4.68 Å². The van der Waals surface area contributed by atoms with Crippen LogP contribution in [0.2, 0.25) is 0 Å². The van der Waals surface area contributed by atoms with Gasteiger partial charge in [-0.3, -0.25) is 14.4 Å². The molecule has 1 aliphatic heterocycles. The van der Waals surface area contributed by atoms with E-state index >= 15 is 0 Å². The Balaban J connectivity index is 1.62. The Morgan fingerprint density at radius 1 is 1.16 bits per heavy atom. The van der Waals surface area contributed by atoms with E-state index in [1.807, 2.05) is 17.5 Å². The molecular formula is C21H23N5O4S. The van der Waals surface area contributed by atoms with Crippen molar-refractivity contribution in [1.29, 1.82) is 0 Å². The molecule has 0 aromatic carbocycles. The minimum absolute atomic E-state index is 0.00557. The van der Waals surface area contributed by atoms with Crippen molar-refractivity contribution in [2.45, 2.75) is 26.8 Å². The maximum Gasteiger partial charge on any atom is 0.268 e. The summed E-state index contributed by atoms with van der Waals surface area (Å²) in [4.78, 5) is 41.6. The normalized spacial score (nSPS) is 14.5. The van der Waals surface area contributed by atoms with Crippen molar-refractivity contribution in [3.63, 3.8) is 0 Å². The molecule has 0 spiro atoms. The van der Waals surface area contributed by atoms with Crippen LogP contribution in [0.5, 0.6) is 0 Å². The number of carbonyl (C=O) groups excluding carboxylic acids is 2. The molecule has 3 aromatic heterocycles. The van der Waals surface area contributed by atoms with Crippen LogP contribution in [0.25, 0.3) is 21.9 Å². The summed E-state index contributed by atoms with van der Waals surface area (Å²) in [5.74, 6) is 0.271. The molecule has 4 heterocycles. The molecule has 162 valence electrons. The van der Waals surface area contributed by atoms with Gasteiger partial charge >= 0.3 is 0 Å². The van der Waals surface area contributed by atoms with Crippen molar-refractivity contribution in [2.24, 2.45) is 0 Å². The number of rotatable bonds is 4. The number of thiophene rings is 1. The SMILES string of the molecule is CC(=O)N1CCCN(C(=O)Cn2nc(-c3cccs3)c(-c3cc(C)no3)cc2=O)CC1. The second kappa shape index (κ2) is 8.84. The smallest absolute Gasteiger partial charge is 0.268 e. The fourth-order valence-corrected chi connectivity index (χ4v) is 4.31. The number of aryl methyl sites for hydroxylation is 1. The van der Waals surface area contributed by atoms with Gasteiger partial charge in [0.05, 0.1) is 16.1 Å². The second-order valence-electron chi connectivity index (χ2n) is 7.45. The summed E-state index contributed by atoms with van der Waals surface area (Å²) in [6, 6.07) is 6.99. The van der Waals surface area contributed by atoms with Gasteiger partial charge in [-0.15, -0.1) is 11.3 Å². The quantitative estimate of drug-likeness (QED) is 0.614. The van der Waals surface area contributed by atoms with Crippen LogP contribution in [-0.4, -0.2) is 62.7 Å². The minimum atomic E-state index is -0.391. The largest absolute Gasteiger partial charge is 0.356 e. The lowest BCUT2D eigenvalue weighted by Crippen LogP contribution is -2.40. The first-order valence-electron chi connectivity index (χ1n) is 10.1. The maximum absolute atomic E-state index is 12.9. The van der Waals surface area contributed by atoms with Gasteiger partial charge in [-0.1, -0.05) is 11.2 Å². The van der Waals surface area contributed by atoms with E-state index in [1.54, 1.807) is 22.8 Å². The van der Waals surface area contributed by atoms with Gasteiger partial charge in [0.1, 0.15) is 12.2 Å². The van der Waals surface area contributed by atoms with E-state index in [1.165, 1.54) is 29.0 Å². The highest BCUT2D eigenvalue weighted by molar-refractivity contribution is 7.13. The zero-order valence-corrected chi connectivity index (χ0v) is 18.2. The topological polar surface area (TPSA) is 102 Å². The first kappa shape index (κ1) is 21.0. The molecule has 10 heteroatoms. The summed E-state index contributed by atoms with van der Waals surface area (Å²) in [6.45, 7) is 5.29. The fourth-order valence-electron chi connectivity index (χ4n) is 3.59. The lowest BCUT2D eigenvalue weighted by molar-refractivity contribution is -0.133. The third-order valence-corrected chi connectivity index (χ3v) is 6.10. The maximum atomic E-state index is 12.9. The van der Waals surface area contributed by atoms with Crippen LogP contribution in [0.3, 0.4) is 0 Å². The van der Waals surface area contributed by atoms with E-state index in [4.69, 9.17) is 4.52 Å². The summed E-state index contributed by atoms with van der Waals surface area (Å²) in [5, 5.41) is 10.3. The molecule has 0 bridgehead atoms. The average Bonchev–Trinajstić information content (AvgIpc) is 3.35. The Bertz CT molecular complexity index is 1150. The van der Waals surface area contributed by atoms with E-state index in [2.05, 4.69) is 10.3 Å². The molecular weight excluding hydrogens is 418 g/mol. The first-order chi connectivity index (χ1) is 14.9. The Labute approximate surface area is 182 Å². The average molecular weight is 442 g/mol. The Kier molecular flexibility index (Phi) is 5.99. The molecule has 3 aromatic rings. The molecule has 0 saturated carbocycles. The van der Waals surface area contributed by atoms with Crippen molar-refractivity contribution in [2.75, 3.05) is 26.2 Å². The lowest BCUT2D eigenvalue weighted by atomic mass is 10.1. The number of aromatic nitrogens is 3. The van der Waals surface area contributed by atoms with Gasteiger partial charge < -0.3 is 14.3 Å². The van der Waals surface area contributed by atoms with Gasteiger partial charge in [0, 0.05) is 45.2 Å². The van der Waals surface area contributed by atoms with Crippen molar-refractivity contribution in [3.05, 3.63) is 45.7 Å². The lowest BCUT2D eigenvalue weighted by Gasteiger charge is -2.21. The van der Waals surface area contributed by atoms with E-state index in [-0.39, 0.29) is 18.4 Å². The zero-order valence-electron chi connectivity index (χ0n) is 17.4. The van der Waals surface area contributed by atoms with Crippen LogP contribution >= 0.6 is 11.3 Å². The fraction of sp³-hybridized carbons (Fsp3) is 0.381. The molecule has 2 amide bonds. The molecule has 1 saturated heterocycles. The Morgan fingerprint density at radius 3 is 2.61 bits per heavy atom. The number of amides is 2. The highest BCUT2D eigenvalue weighted by atomic mass is 32.1. The number of hydrogen-bond acceptors (Lipinski definition) is 7. The first-order valence-corrected chi connectivity index (χ1v) is 10.9. The number of carbonyl (C=O) groups is 2. The molecule has 0 unspecified atom stereocenters. The molecule has 0 radical (unpaired) electrons. The Morgan fingerprint density at radius 2 is 1.94 bits per heavy atom. The highest BCUT2D eigenvalue weighted by Gasteiger charge is 2.23. The molecule has 0 N–H and O–H groups in total.